The van der Waals surface area contributed by atoms with Crippen molar-refractivity contribution in [3.63, 3.8) is 0 Å². The van der Waals surface area contributed by atoms with Gasteiger partial charge in [-0.1, -0.05) is 0 Å². The van der Waals surface area contributed by atoms with Crippen molar-refractivity contribution in [3.05, 3.63) is 47.2 Å². The number of thiazole rings is 1. The number of amides is 1. The summed E-state index contributed by atoms with van der Waals surface area (Å²) in [6.45, 7) is -0.970. The summed E-state index contributed by atoms with van der Waals surface area (Å²) in [5.41, 5.74) is 2.26. The lowest BCUT2D eigenvalue weighted by molar-refractivity contribution is -0.115. The Bertz CT molecular complexity index is 827. The number of aromatic nitrogens is 2. The standard InChI is InChI=1S/C15H13F2N3O2S/c1-9-7-20-11(8-23-15(20)18-9)6-13(21)19-10-2-4-12(5-3-10)22-14(16)17/h2-5,7-8,14H,6H2,1H3,(H,19,21). The molecule has 0 saturated heterocycles. The number of anilines is 1. The molecule has 120 valence electrons. The second-order valence-corrected chi connectivity index (χ2v) is 5.73. The zero-order chi connectivity index (χ0) is 16.4. The third-order valence-corrected chi connectivity index (χ3v) is 4.00. The molecule has 1 amide bonds. The molecule has 0 saturated carbocycles. The topological polar surface area (TPSA) is 55.6 Å². The minimum absolute atomic E-state index is 0.0476. The number of alkyl halides is 2. The molecule has 8 heteroatoms. The SMILES string of the molecule is Cc1cn2c(CC(=O)Nc3ccc(OC(F)F)cc3)csc2n1. The van der Waals surface area contributed by atoms with Gasteiger partial charge in [0.15, 0.2) is 4.96 Å². The van der Waals surface area contributed by atoms with E-state index in [1.165, 1.54) is 35.6 Å². The van der Waals surface area contributed by atoms with Crippen LogP contribution >= 0.6 is 11.3 Å². The van der Waals surface area contributed by atoms with Gasteiger partial charge in [0.2, 0.25) is 5.91 Å². The maximum atomic E-state index is 12.1. The molecule has 0 spiro atoms. The Balaban J connectivity index is 1.65. The zero-order valence-corrected chi connectivity index (χ0v) is 12.9. The number of rotatable bonds is 5. The Morgan fingerprint density at radius 3 is 2.83 bits per heavy atom. The smallest absolute Gasteiger partial charge is 0.387 e. The second kappa shape index (κ2) is 6.33. The first-order valence-corrected chi connectivity index (χ1v) is 7.66. The summed E-state index contributed by atoms with van der Waals surface area (Å²) in [7, 11) is 0. The number of ether oxygens (including phenoxy) is 1. The Morgan fingerprint density at radius 1 is 1.39 bits per heavy atom. The third-order valence-electron chi connectivity index (χ3n) is 3.11. The number of nitrogens with one attached hydrogen (secondary N) is 1. The van der Waals surface area contributed by atoms with E-state index in [0.29, 0.717) is 5.69 Å². The Labute approximate surface area is 134 Å². The van der Waals surface area contributed by atoms with E-state index in [-0.39, 0.29) is 18.1 Å². The van der Waals surface area contributed by atoms with E-state index < -0.39 is 6.61 Å². The van der Waals surface area contributed by atoms with Crippen LogP contribution in [0.3, 0.4) is 0 Å². The monoisotopic (exact) mass is 337 g/mol. The minimum Gasteiger partial charge on any atom is -0.435 e. The van der Waals surface area contributed by atoms with Gasteiger partial charge in [-0.15, -0.1) is 11.3 Å². The van der Waals surface area contributed by atoms with Crippen LogP contribution in [0.2, 0.25) is 0 Å². The number of hydrogen-bond acceptors (Lipinski definition) is 4. The van der Waals surface area contributed by atoms with Crippen LogP contribution in [-0.2, 0) is 11.2 Å². The molecule has 0 unspecified atom stereocenters. The molecule has 23 heavy (non-hydrogen) atoms. The van der Waals surface area contributed by atoms with Gasteiger partial charge in [-0.05, 0) is 31.2 Å². The number of nitrogens with zero attached hydrogens (tertiary/aromatic N) is 2. The van der Waals surface area contributed by atoms with Crippen LogP contribution in [0.25, 0.3) is 4.96 Å². The molecule has 0 aliphatic rings. The van der Waals surface area contributed by atoms with Crippen LogP contribution < -0.4 is 10.1 Å². The van der Waals surface area contributed by atoms with Crippen molar-refractivity contribution >= 4 is 27.9 Å². The molecule has 0 aliphatic carbocycles. The highest BCUT2D eigenvalue weighted by Gasteiger charge is 2.11. The molecule has 1 aromatic carbocycles. The summed E-state index contributed by atoms with van der Waals surface area (Å²) >= 11 is 1.47. The van der Waals surface area contributed by atoms with Crippen molar-refractivity contribution in [2.24, 2.45) is 0 Å². The summed E-state index contributed by atoms with van der Waals surface area (Å²) in [4.78, 5) is 17.3. The van der Waals surface area contributed by atoms with E-state index in [1.54, 1.807) is 0 Å². The second-order valence-electron chi connectivity index (χ2n) is 4.89. The molecular formula is C15H13F2N3O2S. The molecule has 0 atom stereocenters. The van der Waals surface area contributed by atoms with Gasteiger partial charge in [0, 0.05) is 23.0 Å². The molecule has 3 rings (SSSR count). The van der Waals surface area contributed by atoms with Crippen molar-refractivity contribution < 1.29 is 18.3 Å². The molecule has 1 N–H and O–H groups in total. The lowest BCUT2D eigenvalue weighted by atomic mass is 10.2. The van der Waals surface area contributed by atoms with Crippen LogP contribution in [0.1, 0.15) is 11.4 Å². The molecule has 0 aliphatic heterocycles. The fraction of sp³-hybridized carbons (Fsp3) is 0.200. The van der Waals surface area contributed by atoms with Crippen molar-refractivity contribution in [3.8, 4) is 5.75 Å². The van der Waals surface area contributed by atoms with Crippen molar-refractivity contribution in [2.45, 2.75) is 20.0 Å². The number of aryl methyl sites for hydroxylation is 1. The lowest BCUT2D eigenvalue weighted by Gasteiger charge is -2.07. The summed E-state index contributed by atoms with van der Waals surface area (Å²) in [6, 6.07) is 5.79. The van der Waals surface area contributed by atoms with Gasteiger partial charge in [-0.2, -0.15) is 8.78 Å². The van der Waals surface area contributed by atoms with E-state index in [2.05, 4.69) is 15.0 Å². The Hall–Kier alpha value is -2.48. The quantitative estimate of drug-likeness (QED) is 0.775. The van der Waals surface area contributed by atoms with Gasteiger partial charge in [-0.25, -0.2) is 4.98 Å². The van der Waals surface area contributed by atoms with Crippen LogP contribution in [-0.4, -0.2) is 21.9 Å². The Morgan fingerprint density at radius 2 is 2.13 bits per heavy atom. The number of carbonyl (C=O) groups excluding carboxylic acids is 1. The van der Waals surface area contributed by atoms with E-state index in [9.17, 15) is 13.6 Å². The van der Waals surface area contributed by atoms with E-state index >= 15 is 0 Å². The maximum Gasteiger partial charge on any atom is 0.387 e. The molecule has 2 aromatic heterocycles. The molecule has 0 radical (unpaired) electrons. The zero-order valence-electron chi connectivity index (χ0n) is 12.1. The number of hydrogen-bond donors (Lipinski definition) is 1. The fourth-order valence-corrected chi connectivity index (χ4v) is 3.08. The predicted molar refractivity (Wildman–Crippen MR) is 83.2 cm³/mol. The first kappa shape index (κ1) is 15.4. The van der Waals surface area contributed by atoms with E-state index in [4.69, 9.17) is 0 Å². The minimum atomic E-state index is -2.87. The van der Waals surface area contributed by atoms with Crippen LogP contribution in [0.5, 0.6) is 5.75 Å². The summed E-state index contributed by atoms with van der Waals surface area (Å²) in [6.07, 6.45) is 2.08. The van der Waals surface area contributed by atoms with Crippen LogP contribution in [0.4, 0.5) is 14.5 Å². The highest BCUT2D eigenvalue weighted by atomic mass is 32.1. The molecular weight excluding hydrogens is 324 g/mol. The van der Waals surface area contributed by atoms with Crippen molar-refractivity contribution in [2.75, 3.05) is 5.32 Å². The van der Waals surface area contributed by atoms with Crippen LogP contribution in [0, 0.1) is 6.92 Å². The highest BCUT2D eigenvalue weighted by Crippen LogP contribution is 2.19. The molecule has 2 heterocycles. The third kappa shape index (κ3) is 3.65. The molecule has 0 fully saturated rings. The molecule has 5 nitrogen and oxygen atoms in total. The number of carbonyl (C=O) groups is 1. The highest BCUT2D eigenvalue weighted by molar-refractivity contribution is 7.15. The van der Waals surface area contributed by atoms with Gasteiger partial charge < -0.3 is 10.1 Å². The van der Waals surface area contributed by atoms with Gasteiger partial charge in [0.05, 0.1) is 12.1 Å². The van der Waals surface area contributed by atoms with Gasteiger partial charge in [0.25, 0.3) is 0 Å². The largest absolute Gasteiger partial charge is 0.435 e. The van der Waals surface area contributed by atoms with Gasteiger partial charge in [-0.3, -0.25) is 9.20 Å². The average molecular weight is 337 g/mol. The average Bonchev–Trinajstić information content (AvgIpc) is 3.01. The predicted octanol–water partition coefficient (Wildman–Crippen LogP) is 3.49. The summed E-state index contributed by atoms with van der Waals surface area (Å²) in [5, 5.41) is 4.61. The number of imidazole rings is 1. The van der Waals surface area contributed by atoms with Crippen molar-refractivity contribution in [1.82, 2.24) is 9.38 Å². The number of halogens is 2. The Kier molecular flexibility index (Phi) is 4.24. The first-order valence-electron chi connectivity index (χ1n) is 6.78. The maximum absolute atomic E-state index is 12.1. The fourth-order valence-electron chi connectivity index (χ4n) is 2.16. The van der Waals surface area contributed by atoms with Gasteiger partial charge >= 0.3 is 6.61 Å². The van der Waals surface area contributed by atoms with Gasteiger partial charge in [0.1, 0.15) is 5.75 Å². The number of benzene rings is 1. The lowest BCUT2D eigenvalue weighted by Crippen LogP contribution is -2.15. The van der Waals surface area contributed by atoms with Crippen LogP contribution in [0.15, 0.2) is 35.8 Å². The van der Waals surface area contributed by atoms with E-state index in [1.807, 2.05) is 22.9 Å². The normalized spacial score (nSPS) is 11.1. The number of fused-ring (bicyclic) bond motifs is 1. The summed E-state index contributed by atoms with van der Waals surface area (Å²) in [5.74, 6) is -0.148. The van der Waals surface area contributed by atoms with E-state index in [0.717, 1.165) is 16.3 Å². The molecule has 0 bridgehead atoms. The summed E-state index contributed by atoms with van der Waals surface area (Å²) < 4.78 is 30.3. The first-order chi connectivity index (χ1) is 11.0. The van der Waals surface area contributed by atoms with Crippen molar-refractivity contribution in [1.29, 1.82) is 0 Å². The molecule has 3 aromatic rings.